The van der Waals surface area contributed by atoms with Gasteiger partial charge in [0.25, 0.3) is 0 Å². The molecule has 1 aromatic heterocycles. The van der Waals surface area contributed by atoms with E-state index in [2.05, 4.69) is 11.1 Å². The molecule has 0 aliphatic carbocycles. The van der Waals surface area contributed by atoms with E-state index in [-0.39, 0.29) is 39.0 Å². The fraction of sp³-hybridized carbons (Fsp3) is 0.160. The largest absolute Gasteiger partial charge is 0.383 e. The highest BCUT2D eigenvalue weighted by atomic mass is 32.2. The Morgan fingerprint density at radius 3 is 2.22 bits per heavy atom. The number of nitrogens with two attached hydrogens (primary N) is 2. The van der Waals surface area contributed by atoms with Crippen molar-refractivity contribution in [2.45, 2.75) is 34.9 Å². The van der Waals surface area contributed by atoms with E-state index in [0.717, 1.165) is 28.6 Å². The maximum absolute atomic E-state index is 13.2. The second kappa shape index (κ2) is 10.0. The first kappa shape index (κ1) is 25.9. The van der Waals surface area contributed by atoms with Crippen LogP contribution in [0.25, 0.3) is 11.1 Å². The second-order valence-corrected chi connectivity index (χ2v) is 10.9. The minimum atomic E-state index is -3.94. The normalized spacial score (nSPS) is 15.5. The number of rotatable bonds is 6. The lowest BCUT2D eigenvalue weighted by molar-refractivity contribution is -0.121. The molecule has 37 heavy (non-hydrogen) atoms. The van der Waals surface area contributed by atoms with Gasteiger partial charge in [-0.1, -0.05) is 43.0 Å². The van der Waals surface area contributed by atoms with Gasteiger partial charge >= 0.3 is 0 Å². The Morgan fingerprint density at radius 2 is 1.68 bits per heavy atom. The zero-order valence-electron chi connectivity index (χ0n) is 19.5. The lowest BCUT2D eigenvalue weighted by Gasteiger charge is -2.16. The Morgan fingerprint density at radius 1 is 1.05 bits per heavy atom. The van der Waals surface area contributed by atoms with Gasteiger partial charge in [0.2, 0.25) is 21.8 Å². The standard InChI is InChI=1S/C25H20N6O4S2/c1-2-14-3-5-15(6-4-14)22-18(12-26)23(28)30-24(19(22)13-27)36-20-11-21(32)31(25(20)33)16-7-9-17(10-8-16)37(29,34)35/h3-10,20H,2,11H2,1H3,(H2,28,30)(H2,29,34,35). The molecule has 4 rings (SSSR count). The third-order valence-corrected chi connectivity index (χ3v) is 7.95. The lowest BCUT2D eigenvalue weighted by atomic mass is 9.96. The number of amides is 2. The molecule has 0 bridgehead atoms. The molecule has 1 aliphatic heterocycles. The molecule has 186 valence electrons. The summed E-state index contributed by atoms with van der Waals surface area (Å²) in [5, 5.41) is 24.1. The molecule has 12 heteroatoms. The molecule has 3 aromatic rings. The zero-order valence-corrected chi connectivity index (χ0v) is 21.1. The topological polar surface area (TPSA) is 184 Å². The number of thioether (sulfide) groups is 1. The first-order chi connectivity index (χ1) is 17.6. The number of nitrogens with zero attached hydrogens (tertiary/aromatic N) is 4. The molecule has 1 aliphatic rings. The number of nitriles is 2. The van der Waals surface area contributed by atoms with Gasteiger partial charge in [-0.25, -0.2) is 23.4 Å². The van der Waals surface area contributed by atoms with E-state index in [0.29, 0.717) is 11.1 Å². The van der Waals surface area contributed by atoms with Gasteiger partial charge in [0.15, 0.2) is 0 Å². The van der Waals surface area contributed by atoms with Gasteiger partial charge < -0.3 is 5.73 Å². The van der Waals surface area contributed by atoms with Crippen LogP contribution in [0.3, 0.4) is 0 Å². The molecular formula is C25H20N6O4S2. The molecule has 1 atom stereocenters. The predicted molar refractivity (Wildman–Crippen MR) is 137 cm³/mol. The number of sulfonamides is 1. The van der Waals surface area contributed by atoms with Crippen molar-refractivity contribution in [2.75, 3.05) is 10.6 Å². The second-order valence-electron chi connectivity index (χ2n) is 8.12. The van der Waals surface area contributed by atoms with E-state index in [1.807, 2.05) is 25.1 Å². The number of primary sulfonamides is 1. The van der Waals surface area contributed by atoms with Crippen molar-refractivity contribution in [1.82, 2.24) is 4.98 Å². The number of anilines is 2. The quantitative estimate of drug-likeness (QED) is 0.450. The maximum atomic E-state index is 13.2. The summed E-state index contributed by atoms with van der Waals surface area (Å²) < 4.78 is 23.0. The van der Waals surface area contributed by atoms with Crippen molar-refractivity contribution in [3.63, 3.8) is 0 Å². The van der Waals surface area contributed by atoms with Crippen LogP contribution >= 0.6 is 11.8 Å². The summed E-state index contributed by atoms with van der Waals surface area (Å²) in [6.45, 7) is 2.01. The summed E-state index contributed by atoms with van der Waals surface area (Å²) in [6, 6.07) is 16.5. The number of imide groups is 1. The van der Waals surface area contributed by atoms with Crippen LogP contribution in [-0.4, -0.2) is 30.5 Å². The molecule has 2 heterocycles. The van der Waals surface area contributed by atoms with Crippen LogP contribution in [0.4, 0.5) is 11.5 Å². The number of pyridine rings is 1. The van der Waals surface area contributed by atoms with Crippen molar-refractivity contribution in [1.29, 1.82) is 10.5 Å². The van der Waals surface area contributed by atoms with Gasteiger partial charge in [-0.15, -0.1) is 0 Å². The monoisotopic (exact) mass is 532 g/mol. The Hall–Kier alpha value is -4.23. The van der Waals surface area contributed by atoms with Gasteiger partial charge in [-0.2, -0.15) is 10.5 Å². The summed E-state index contributed by atoms with van der Waals surface area (Å²) in [6.07, 6.45) is 0.641. The van der Waals surface area contributed by atoms with Crippen LogP contribution in [-0.2, 0) is 26.0 Å². The van der Waals surface area contributed by atoms with Crippen molar-refractivity contribution in [2.24, 2.45) is 5.14 Å². The molecule has 10 nitrogen and oxygen atoms in total. The smallest absolute Gasteiger partial charge is 0.247 e. The third kappa shape index (κ3) is 4.90. The highest BCUT2D eigenvalue weighted by Gasteiger charge is 2.41. The average Bonchev–Trinajstić information content (AvgIpc) is 3.15. The molecule has 2 amide bonds. The van der Waals surface area contributed by atoms with Crippen LogP contribution < -0.4 is 15.8 Å². The highest BCUT2D eigenvalue weighted by molar-refractivity contribution is 8.00. The van der Waals surface area contributed by atoms with E-state index in [9.17, 15) is 28.5 Å². The molecule has 1 fully saturated rings. The number of nitrogen functional groups attached to an aromatic ring is 1. The average molecular weight is 533 g/mol. The maximum Gasteiger partial charge on any atom is 0.247 e. The number of aromatic nitrogens is 1. The van der Waals surface area contributed by atoms with E-state index in [4.69, 9.17) is 10.9 Å². The first-order valence-corrected chi connectivity index (χ1v) is 13.4. The van der Waals surface area contributed by atoms with Gasteiger partial charge in [0.1, 0.15) is 28.5 Å². The van der Waals surface area contributed by atoms with E-state index >= 15 is 0 Å². The van der Waals surface area contributed by atoms with Gasteiger partial charge in [0, 0.05) is 12.0 Å². The third-order valence-electron chi connectivity index (χ3n) is 5.85. The number of carbonyl (C=O) groups excluding carboxylic acids is 2. The summed E-state index contributed by atoms with van der Waals surface area (Å²) in [5.41, 5.74) is 8.39. The van der Waals surface area contributed by atoms with Crippen LogP contribution in [0, 0.1) is 22.7 Å². The minimum absolute atomic E-state index is 0.0514. The Labute approximate surface area is 217 Å². The van der Waals surface area contributed by atoms with Gasteiger partial charge in [0.05, 0.1) is 21.4 Å². The molecular weight excluding hydrogens is 512 g/mol. The van der Waals surface area contributed by atoms with Crippen LogP contribution in [0.1, 0.15) is 30.0 Å². The highest BCUT2D eigenvalue weighted by Crippen LogP contribution is 2.40. The van der Waals surface area contributed by atoms with Gasteiger partial charge in [-0.3, -0.25) is 9.59 Å². The van der Waals surface area contributed by atoms with E-state index in [1.165, 1.54) is 24.3 Å². The van der Waals surface area contributed by atoms with Crippen molar-refractivity contribution >= 4 is 45.1 Å². The van der Waals surface area contributed by atoms with Crippen LogP contribution in [0.15, 0.2) is 58.5 Å². The molecule has 0 spiro atoms. The Bertz CT molecular complexity index is 1610. The number of aryl methyl sites for hydroxylation is 1. The Kier molecular flexibility index (Phi) is 7.01. The van der Waals surface area contributed by atoms with Crippen molar-refractivity contribution in [3.05, 3.63) is 65.2 Å². The van der Waals surface area contributed by atoms with Crippen molar-refractivity contribution in [3.8, 4) is 23.3 Å². The number of hydrogen-bond donors (Lipinski definition) is 2. The summed E-state index contributed by atoms with van der Waals surface area (Å²) >= 11 is 0.919. The van der Waals surface area contributed by atoms with Crippen LogP contribution in [0.5, 0.6) is 0 Å². The molecule has 4 N–H and O–H groups in total. The fourth-order valence-corrected chi connectivity index (χ4v) is 5.60. The van der Waals surface area contributed by atoms with Crippen LogP contribution in [0.2, 0.25) is 0 Å². The van der Waals surface area contributed by atoms with E-state index in [1.54, 1.807) is 12.1 Å². The molecule has 2 aromatic carbocycles. The predicted octanol–water partition coefficient (Wildman–Crippen LogP) is 2.71. The zero-order chi connectivity index (χ0) is 26.9. The summed E-state index contributed by atoms with van der Waals surface area (Å²) in [7, 11) is -3.94. The molecule has 1 unspecified atom stereocenters. The lowest BCUT2D eigenvalue weighted by Crippen LogP contribution is -2.31. The van der Waals surface area contributed by atoms with Crippen molar-refractivity contribution < 1.29 is 18.0 Å². The first-order valence-electron chi connectivity index (χ1n) is 11.0. The molecule has 1 saturated heterocycles. The molecule has 0 saturated carbocycles. The van der Waals surface area contributed by atoms with E-state index < -0.39 is 27.1 Å². The molecule has 0 radical (unpaired) electrons. The number of hydrogen-bond acceptors (Lipinski definition) is 9. The Balaban J connectivity index is 1.71. The number of benzene rings is 2. The summed E-state index contributed by atoms with van der Waals surface area (Å²) in [5.74, 6) is -1.15. The SMILES string of the molecule is CCc1ccc(-c2c(C#N)c(N)nc(SC3CC(=O)N(c4ccc(S(N)(=O)=O)cc4)C3=O)c2C#N)cc1. The summed E-state index contributed by atoms with van der Waals surface area (Å²) in [4.78, 5) is 30.9. The minimum Gasteiger partial charge on any atom is -0.383 e. The van der Waals surface area contributed by atoms with Gasteiger partial charge in [-0.05, 0) is 41.8 Å². The number of carbonyl (C=O) groups is 2. The fourth-order valence-electron chi connectivity index (χ4n) is 3.97.